The number of benzene rings is 1. The third kappa shape index (κ3) is 6.42. The molecule has 1 aromatic carbocycles. The third-order valence-electron chi connectivity index (χ3n) is 5.50. The molecule has 2 aliphatic rings. The van der Waals surface area contributed by atoms with Crippen LogP contribution in [-0.2, 0) is 6.54 Å². The van der Waals surface area contributed by atoms with Crippen LogP contribution in [0.4, 0.5) is 0 Å². The minimum Gasteiger partial charge on any atom is -0.493 e. The molecular formula is C22H36N4O. The lowest BCUT2D eigenvalue weighted by atomic mass is 10.0. The highest BCUT2D eigenvalue weighted by atomic mass is 16.5. The Bertz CT molecular complexity index is 604. The quantitative estimate of drug-likeness (QED) is 0.542. The lowest BCUT2D eigenvalue weighted by Gasteiger charge is -2.35. The fraction of sp³-hybridized carbons (Fsp3) is 0.682. The van der Waals surface area contributed by atoms with E-state index in [9.17, 15) is 0 Å². The Morgan fingerprint density at radius 3 is 2.59 bits per heavy atom. The van der Waals surface area contributed by atoms with Crippen molar-refractivity contribution in [2.24, 2.45) is 10.9 Å². The molecule has 0 amide bonds. The third-order valence-corrected chi connectivity index (χ3v) is 5.50. The van der Waals surface area contributed by atoms with Crippen LogP contribution in [0.1, 0.15) is 52.0 Å². The molecule has 1 heterocycles. The van der Waals surface area contributed by atoms with Gasteiger partial charge in [0.1, 0.15) is 5.75 Å². The van der Waals surface area contributed by atoms with E-state index in [2.05, 4.69) is 54.5 Å². The van der Waals surface area contributed by atoms with Gasteiger partial charge in [0.15, 0.2) is 5.96 Å². The standard InChI is InChI=1S/C22H36N4O/c1-4-23-22(25-20-11-13-26(14-12-20)17(2)3)24-15-19-7-5-6-8-21(19)27-16-18-9-10-18/h5-8,17-18,20H,4,9-16H2,1-3H3,(H2,23,24,25). The van der Waals surface area contributed by atoms with Gasteiger partial charge in [0, 0.05) is 37.3 Å². The molecule has 150 valence electrons. The van der Waals surface area contributed by atoms with Gasteiger partial charge in [0.2, 0.25) is 0 Å². The van der Waals surface area contributed by atoms with Crippen LogP contribution in [0.2, 0.25) is 0 Å². The van der Waals surface area contributed by atoms with Gasteiger partial charge in [-0.3, -0.25) is 0 Å². The van der Waals surface area contributed by atoms with Gasteiger partial charge in [-0.2, -0.15) is 0 Å². The minimum absolute atomic E-state index is 0.499. The van der Waals surface area contributed by atoms with Crippen LogP contribution in [0.25, 0.3) is 0 Å². The fourth-order valence-electron chi connectivity index (χ4n) is 3.51. The Hall–Kier alpha value is -1.75. The number of likely N-dealkylation sites (tertiary alicyclic amines) is 1. The first-order valence-corrected chi connectivity index (χ1v) is 10.6. The van der Waals surface area contributed by atoms with Crippen LogP contribution in [0.15, 0.2) is 29.3 Å². The van der Waals surface area contributed by atoms with Crippen LogP contribution in [0.5, 0.6) is 5.75 Å². The largest absolute Gasteiger partial charge is 0.493 e. The SMILES string of the molecule is CCNC(=NCc1ccccc1OCC1CC1)NC1CCN(C(C)C)CC1. The fourth-order valence-corrected chi connectivity index (χ4v) is 3.51. The van der Waals surface area contributed by atoms with Crippen molar-refractivity contribution in [2.45, 2.75) is 65.1 Å². The second kappa shape index (κ2) is 9.98. The van der Waals surface area contributed by atoms with Crippen LogP contribution < -0.4 is 15.4 Å². The van der Waals surface area contributed by atoms with Crippen molar-refractivity contribution in [3.8, 4) is 5.75 Å². The van der Waals surface area contributed by atoms with Gasteiger partial charge in [0.25, 0.3) is 0 Å². The summed E-state index contributed by atoms with van der Waals surface area (Å²) < 4.78 is 6.02. The molecule has 27 heavy (non-hydrogen) atoms. The van der Waals surface area contributed by atoms with Crippen LogP contribution >= 0.6 is 0 Å². The zero-order chi connectivity index (χ0) is 19.1. The molecule has 1 aromatic rings. The number of hydrogen-bond donors (Lipinski definition) is 2. The maximum absolute atomic E-state index is 6.02. The van der Waals surface area contributed by atoms with E-state index in [4.69, 9.17) is 9.73 Å². The van der Waals surface area contributed by atoms with E-state index in [0.29, 0.717) is 18.6 Å². The molecule has 0 unspecified atom stereocenters. The van der Waals surface area contributed by atoms with Gasteiger partial charge in [-0.05, 0) is 58.4 Å². The summed E-state index contributed by atoms with van der Waals surface area (Å²) >= 11 is 0. The summed E-state index contributed by atoms with van der Waals surface area (Å²) in [6.45, 7) is 11.3. The van der Waals surface area contributed by atoms with Crippen molar-refractivity contribution >= 4 is 5.96 Å². The number of piperidine rings is 1. The number of aliphatic imine (C=N–C) groups is 1. The molecule has 5 heteroatoms. The summed E-state index contributed by atoms with van der Waals surface area (Å²) in [7, 11) is 0. The molecule has 0 spiro atoms. The molecule has 2 fully saturated rings. The minimum atomic E-state index is 0.499. The predicted octanol–water partition coefficient (Wildman–Crippen LogP) is 3.40. The number of nitrogens with zero attached hydrogens (tertiary/aromatic N) is 2. The molecule has 0 radical (unpaired) electrons. The summed E-state index contributed by atoms with van der Waals surface area (Å²) in [5.41, 5.74) is 1.16. The van der Waals surface area contributed by atoms with Crippen LogP contribution in [-0.4, -0.2) is 49.2 Å². The van der Waals surface area contributed by atoms with E-state index >= 15 is 0 Å². The van der Waals surface area contributed by atoms with Crippen molar-refractivity contribution in [1.29, 1.82) is 0 Å². The van der Waals surface area contributed by atoms with Crippen LogP contribution in [0, 0.1) is 5.92 Å². The van der Waals surface area contributed by atoms with Crippen molar-refractivity contribution in [3.05, 3.63) is 29.8 Å². The Balaban J connectivity index is 1.56. The molecule has 1 saturated carbocycles. The van der Waals surface area contributed by atoms with E-state index in [-0.39, 0.29) is 0 Å². The van der Waals surface area contributed by atoms with Crippen molar-refractivity contribution < 1.29 is 4.74 Å². The van der Waals surface area contributed by atoms with Crippen molar-refractivity contribution in [3.63, 3.8) is 0 Å². The van der Waals surface area contributed by atoms with Crippen LogP contribution in [0.3, 0.4) is 0 Å². The molecule has 2 N–H and O–H groups in total. The summed E-state index contributed by atoms with van der Waals surface area (Å²) in [6.07, 6.45) is 4.96. The topological polar surface area (TPSA) is 48.9 Å². The first-order chi connectivity index (χ1) is 13.2. The molecule has 1 aliphatic carbocycles. The number of ether oxygens (including phenoxy) is 1. The molecule has 0 aromatic heterocycles. The average molecular weight is 373 g/mol. The zero-order valence-corrected chi connectivity index (χ0v) is 17.2. The molecule has 3 rings (SSSR count). The first-order valence-electron chi connectivity index (χ1n) is 10.6. The Kier molecular flexibility index (Phi) is 7.39. The molecule has 1 aliphatic heterocycles. The number of nitrogens with one attached hydrogen (secondary N) is 2. The molecule has 0 bridgehead atoms. The summed E-state index contributed by atoms with van der Waals surface area (Å²) in [6, 6.07) is 9.43. The summed E-state index contributed by atoms with van der Waals surface area (Å²) in [5.74, 6) is 2.66. The highest BCUT2D eigenvalue weighted by Gasteiger charge is 2.23. The van der Waals surface area contributed by atoms with Gasteiger partial charge in [-0.25, -0.2) is 4.99 Å². The second-order valence-corrected chi connectivity index (χ2v) is 8.11. The molecule has 0 atom stereocenters. The monoisotopic (exact) mass is 372 g/mol. The predicted molar refractivity (Wildman–Crippen MR) is 112 cm³/mol. The zero-order valence-electron chi connectivity index (χ0n) is 17.2. The van der Waals surface area contributed by atoms with E-state index in [0.717, 1.165) is 49.4 Å². The maximum Gasteiger partial charge on any atom is 0.191 e. The highest BCUT2D eigenvalue weighted by molar-refractivity contribution is 5.80. The first kappa shape index (κ1) is 20.0. The van der Waals surface area contributed by atoms with Gasteiger partial charge in [-0.15, -0.1) is 0 Å². The van der Waals surface area contributed by atoms with Crippen molar-refractivity contribution in [2.75, 3.05) is 26.2 Å². The second-order valence-electron chi connectivity index (χ2n) is 8.11. The van der Waals surface area contributed by atoms with E-state index in [1.54, 1.807) is 0 Å². The lowest BCUT2D eigenvalue weighted by molar-refractivity contribution is 0.167. The summed E-state index contributed by atoms with van der Waals surface area (Å²) in [5, 5.41) is 7.04. The number of rotatable bonds is 8. The Morgan fingerprint density at radius 2 is 1.93 bits per heavy atom. The maximum atomic E-state index is 6.02. The molecule has 1 saturated heterocycles. The van der Waals surface area contributed by atoms with Gasteiger partial charge in [0.05, 0.1) is 13.2 Å². The summed E-state index contributed by atoms with van der Waals surface area (Å²) in [4.78, 5) is 7.39. The number of guanidine groups is 1. The van der Waals surface area contributed by atoms with Gasteiger partial charge >= 0.3 is 0 Å². The smallest absolute Gasteiger partial charge is 0.191 e. The average Bonchev–Trinajstić information content (AvgIpc) is 3.50. The van der Waals surface area contributed by atoms with E-state index < -0.39 is 0 Å². The van der Waals surface area contributed by atoms with E-state index in [1.165, 1.54) is 25.7 Å². The van der Waals surface area contributed by atoms with Gasteiger partial charge < -0.3 is 20.3 Å². The molecular weight excluding hydrogens is 336 g/mol. The Labute approximate surface area is 164 Å². The highest BCUT2D eigenvalue weighted by Crippen LogP contribution is 2.30. The number of para-hydroxylation sites is 1. The Morgan fingerprint density at radius 1 is 1.19 bits per heavy atom. The van der Waals surface area contributed by atoms with E-state index in [1.807, 2.05) is 6.07 Å². The lowest BCUT2D eigenvalue weighted by Crippen LogP contribution is -2.49. The van der Waals surface area contributed by atoms with Crippen molar-refractivity contribution in [1.82, 2.24) is 15.5 Å². The molecule has 5 nitrogen and oxygen atoms in total. The normalized spacial score (nSPS) is 19.3. The number of hydrogen-bond acceptors (Lipinski definition) is 3. The van der Waals surface area contributed by atoms with Gasteiger partial charge in [-0.1, -0.05) is 18.2 Å².